The summed E-state index contributed by atoms with van der Waals surface area (Å²) in [6, 6.07) is -1.36. The topological polar surface area (TPSA) is 63.3 Å². The molecule has 0 aliphatic rings. The van der Waals surface area contributed by atoms with Gasteiger partial charge >= 0.3 is 5.97 Å². The third kappa shape index (κ3) is 4.66. The normalized spacial score (nSPS) is 14.5. The van der Waals surface area contributed by atoms with Gasteiger partial charge in [0.25, 0.3) is 5.92 Å². The Morgan fingerprint density at radius 3 is 2.45 bits per heavy atom. The molecule has 0 aromatic heterocycles. The summed E-state index contributed by atoms with van der Waals surface area (Å²) in [6.07, 6.45) is -0.510. The zero-order valence-corrected chi connectivity index (χ0v) is 6.18. The molecule has 0 fully saturated rings. The number of alkyl halides is 2. The van der Waals surface area contributed by atoms with Gasteiger partial charge in [-0.3, -0.25) is 4.79 Å². The first-order chi connectivity index (χ1) is 4.84. The lowest BCUT2D eigenvalue weighted by molar-refractivity contribution is -0.137. The second kappa shape index (κ2) is 3.61. The van der Waals surface area contributed by atoms with E-state index in [1.807, 2.05) is 0 Å². The third-order valence-corrected chi connectivity index (χ3v) is 1.32. The predicted octanol–water partition coefficient (Wildman–Crippen LogP) is 0.834. The van der Waals surface area contributed by atoms with Crippen LogP contribution < -0.4 is 5.73 Å². The lowest BCUT2D eigenvalue weighted by Crippen LogP contribution is -2.38. The number of halogens is 2. The highest BCUT2D eigenvalue weighted by Crippen LogP contribution is 2.18. The van der Waals surface area contributed by atoms with Crippen molar-refractivity contribution in [3.05, 3.63) is 0 Å². The van der Waals surface area contributed by atoms with E-state index in [2.05, 4.69) is 0 Å². The molecule has 0 heterocycles. The number of carbonyl (C=O) groups is 1. The fraction of sp³-hybridized carbons (Fsp3) is 0.833. The molecule has 0 rings (SSSR count). The van der Waals surface area contributed by atoms with Gasteiger partial charge in [0.1, 0.15) is 0 Å². The van der Waals surface area contributed by atoms with Gasteiger partial charge in [-0.15, -0.1) is 0 Å². The van der Waals surface area contributed by atoms with Crippen LogP contribution in [-0.2, 0) is 4.79 Å². The molecule has 11 heavy (non-hydrogen) atoms. The van der Waals surface area contributed by atoms with Crippen LogP contribution in [0.25, 0.3) is 0 Å². The minimum atomic E-state index is -2.99. The van der Waals surface area contributed by atoms with Crippen LogP contribution in [0.1, 0.15) is 19.8 Å². The number of aliphatic carboxylic acids is 1. The van der Waals surface area contributed by atoms with Crippen molar-refractivity contribution in [3.8, 4) is 0 Å². The van der Waals surface area contributed by atoms with Crippen LogP contribution >= 0.6 is 0 Å². The Labute approximate surface area is 63.2 Å². The van der Waals surface area contributed by atoms with E-state index >= 15 is 0 Å². The average molecular weight is 167 g/mol. The highest BCUT2D eigenvalue weighted by molar-refractivity contribution is 5.66. The molecule has 0 saturated heterocycles. The summed E-state index contributed by atoms with van der Waals surface area (Å²) in [6.45, 7) is 0.680. The van der Waals surface area contributed by atoms with E-state index in [0.717, 1.165) is 0 Å². The fourth-order valence-corrected chi connectivity index (χ4v) is 0.532. The molecule has 0 aliphatic heterocycles. The molecule has 0 aromatic carbocycles. The van der Waals surface area contributed by atoms with Crippen LogP contribution in [0.5, 0.6) is 0 Å². The van der Waals surface area contributed by atoms with Crippen LogP contribution in [0.4, 0.5) is 8.78 Å². The Hall–Kier alpha value is -0.710. The Balaban J connectivity index is 3.70. The molecule has 0 aromatic rings. The molecule has 0 saturated carbocycles. The summed E-state index contributed by atoms with van der Waals surface area (Å²) in [7, 11) is 0. The Kier molecular flexibility index (Phi) is 3.38. The summed E-state index contributed by atoms with van der Waals surface area (Å²) in [5.74, 6) is -4.10. The first kappa shape index (κ1) is 10.3. The maximum atomic E-state index is 12.2. The van der Waals surface area contributed by atoms with Crippen molar-refractivity contribution in [1.82, 2.24) is 0 Å². The van der Waals surface area contributed by atoms with Crippen LogP contribution in [0.2, 0.25) is 0 Å². The molecule has 3 nitrogen and oxygen atoms in total. The van der Waals surface area contributed by atoms with Crippen molar-refractivity contribution in [3.63, 3.8) is 0 Å². The van der Waals surface area contributed by atoms with Crippen molar-refractivity contribution in [2.24, 2.45) is 5.73 Å². The van der Waals surface area contributed by atoms with Crippen molar-refractivity contribution in [1.29, 1.82) is 0 Å². The molecule has 1 unspecified atom stereocenters. The zero-order valence-electron chi connectivity index (χ0n) is 6.18. The summed E-state index contributed by atoms with van der Waals surface area (Å²) >= 11 is 0. The van der Waals surface area contributed by atoms with E-state index in [1.54, 1.807) is 0 Å². The molecule has 0 spiro atoms. The molecule has 3 N–H and O–H groups in total. The number of carboxylic acids is 1. The van der Waals surface area contributed by atoms with Gasteiger partial charge in [0.15, 0.2) is 0 Å². The lowest BCUT2D eigenvalue weighted by Gasteiger charge is -2.17. The fourth-order valence-electron chi connectivity index (χ4n) is 0.532. The zero-order chi connectivity index (χ0) is 9.07. The Bertz CT molecular complexity index is 144. The standard InChI is InChI=1S/C6H11F2NO2/c1-6(7,8)4(9)2-3-5(10)11/h4H,2-3,9H2,1H3,(H,10,11). The SMILES string of the molecule is CC(F)(F)C(N)CCC(=O)O. The van der Waals surface area contributed by atoms with Crippen LogP contribution in [0.15, 0.2) is 0 Å². The monoisotopic (exact) mass is 167 g/mol. The molecule has 5 heteroatoms. The van der Waals surface area contributed by atoms with Gasteiger partial charge in [0.2, 0.25) is 0 Å². The Morgan fingerprint density at radius 1 is 1.73 bits per heavy atom. The van der Waals surface area contributed by atoms with E-state index in [1.165, 1.54) is 0 Å². The van der Waals surface area contributed by atoms with Gasteiger partial charge in [-0.05, 0) is 6.42 Å². The average Bonchev–Trinajstić information content (AvgIpc) is 1.80. The van der Waals surface area contributed by atoms with Gasteiger partial charge in [-0.2, -0.15) is 0 Å². The molecule has 66 valence electrons. The second-order valence-corrected chi connectivity index (χ2v) is 2.50. The van der Waals surface area contributed by atoms with E-state index in [4.69, 9.17) is 10.8 Å². The van der Waals surface area contributed by atoms with Gasteiger partial charge in [0, 0.05) is 13.3 Å². The summed E-state index contributed by atoms with van der Waals surface area (Å²) < 4.78 is 24.5. The van der Waals surface area contributed by atoms with Gasteiger partial charge in [-0.25, -0.2) is 8.78 Å². The lowest BCUT2D eigenvalue weighted by atomic mass is 10.1. The largest absolute Gasteiger partial charge is 0.481 e. The minimum absolute atomic E-state index is 0.196. The van der Waals surface area contributed by atoms with E-state index in [-0.39, 0.29) is 12.8 Å². The smallest absolute Gasteiger partial charge is 0.303 e. The van der Waals surface area contributed by atoms with Gasteiger partial charge in [-0.1, -0.05) is 0 Å². The molecule has 0 amide bonds. The van der Waals surface area contributed by atoms with E-state index in [9.17, 15) is 13.6 Å². The first-order valence-electron chi connectivity index (χ1n) is 3.19. The van der Waals surface area contributed by atoms with E-state index in [0.29, 0.717) is 6.92 Å². The molecule has 1 atom stereocenters. The summed E-state index contributed by atoms with van der Waals surface area (Å²) in [5, 5.41) is 8.13. The molecule has 0 radical (unpaired) electrons. The summed E-state index contributed by atoms with van der Waals surface area (Å²) in [5.41, 5.74) is 4.99. The quantitative estimate of drug-likeness (QED) is 0.651. The predicted molar refractivity (Wildman–Crippen MR) is 35.5 cm³/mol. The maximum absolute atomic E-state index is 12.2. The number of carboxylic acid groups (broad SMARTS) is 1. The van der Waals surface area contributed by atoms with Crippen molar-refractivity contribution < 1.29 is 18.7 Å². The highest BCUT2D eigenvalue weighted by atomic mass is 19.3. The van der Waals surface area contributed by atoms with E-state index < -0.39 is 17.9 Å². The minimum Gasteiger partial charge on any atom is -0.481 e. The number of hydrogen-bond donors (Lipinski definition) is 2. The summed E-state index contributed by atoms with van der Waals surface area (Å²) in [4.78, 5) is 9.93. The van der Waals surface area contributed by atoms with Crippen LogP contribution in [0.3, 0.4) is 0 Å². The highest BCUT2D eigenvalue weighted by Gasteiger charge is 2.30. The van der Waals surface area contributed by atoms with Crippen molar-refractivity contribution in [2.45, 2.75) is 31.7 Å². The number of hydrogen-bond acceptors (Lipinski definition) is 2. The first-order valence-corrected chi connectivity index (χ1v) is 3.19. The molecule has 0 aliphatic carbocycles. The molecular formula is C6H11F2NO2. The van der Waals surface area contributed by atoms with Crippen LogP contribution in [-0.4, -0.2) is 23.0 Å². The molecular weight excluding hydrogens is 156 g/mol. The number of rotatable bonds is 4. The van der Waals surface area contributed by atoms with Gasteiger partial charge in [0.05, 0.1) is 6.04 Å². The van der Waals surface area contributed by atoms with Gasteiger partial charge < -0.3 is 10.8 Å². The second-order valence-electron chi connectivity index (χ2n) is 2.50. The third-order valence-electron chi connectivity index (χ3n) is 1.32. The number of nitrogens with two attached hydrogens (primary N) is 1. The maximum Gasteiger partial charge on any atom is 0.303 e. The molecule has 0 bridgehead atoms. The van der Waals surface area contributed by atoms with Crippen molar-refractivity contribution in [2.75, 3.05) is 0 Å². The van der Waals surface area contributed by atoms with Crippen LogP contribution in [0, 0.1) is 0 Å². The van der Waals surface area contributed by atoms with Crippen molar-refractivity contribution >= 4 is 5.97 Å². The Morgan fingerprint density at radius 2 is 2.18 bits per heavy atom.